The molecule has 0 unspecified atom stereocenters. The Morgan fingerprint density at radius 2 is 2.27 bits per heavy atom. The van der Waals surface area contributed by atoms with Gasteiger partial charge in [0, 0.05) is 5.02 Å². The van der Waals surface area contributed by atoms with E-state index in [1.807, 2.05) is 18.2 Å². The second-order valence-corrected chi connectivity index (χ2v) is 4.00. The number of halogens is 2. The van der Waals surface area contributed by atoms with Crippen molar-refractivity contribution < 1.29 is 4.74 Å². The molecule has 2 atom stereocenters. The first-order valence-electron chi connectivity index (χ1n) is 4.88. The molecule has 0 spiro atoms. The molecule has 0 saturated carbocycles. The number of hydrogen-bond acceptors (Lipinski definition) is 2. The molecule has 0 amide bonds. The molecule has 0 radical (unpaired) electrons. The Bertz CT molecular complexity index is 343. The molecule has 15 heavy (non-hydrogen) atoms. The van der Waals surface area contributed by atoms with Crippen LogP contribution in [0.4, 0.5) is 0 Å². The topological polar surface area (TPSA) is 35.2 Å². The van der Waals surface area contributed by atoms with Crippen molar-refractivity contribution in [3.63, 3.8) is 0 Å². The van der Waals surface area contributed by atoms with Gasteiger partial charge in [0.2, 0.25) is 0 Å². The minimum Gasteiger partial charge on any atom is -0.372 e. The molecule has 1 aromatic rings. The molecule has 1 aliphatic heterocycles. The smallest absolute Gasteiger partial charge is 0.0770 e. The number of ether oxygens (including phenoxy) is 1. The van der Waals surface area contributed by atoms with Crippen molar-refractivity contribution in [1.82, 2.24) is 0 Å². The lowest BCUT2D eigenvalue weighted by molar-refractivity contribution is 0.00684. The van der Waals surface area contributed by atoms with Crippen molar-refractivity contribution in [2.24, 2.45) is 5.73 Å². The molecular weight excluding hydrogens is 233 g/mol. The zero-order valence-corrected chi connectivity index (χ0v) is 10.1. The monoisotopic (exact) mass is 247 g/mol. The van der Waals surface area contributed by atoms with Crippen LogP contribution in [0.25, 0.3) is 0 Å². The maximum absolute atomic E-state index is 6.12. The predicted octanol–water partition coefficient (Wildman–Crippen LogP) is 3.07. The predicted molar refractivity (Wildman–Crippen MR) is 64.5 cm³/mol. The molecule has 2 N–H and O–H groups in total. The lowest BCUT2D eigenvalue weighted by atomic mass is 9.93. The second-order valence-electron chi connectivity index (χ2n) is 3.60. The summed E-state index contributed by atoms with van der Waals surface area (Å²) >= 11 is 6.12. The summed E-state index contributed by atoms with van der Waals surface area (Å²) in [6.07, 6.45) is 1.02. The molecule has 84 valence electrons. The lowest BCUT2D eigenvalue weighted by Gasteiger charge is -2.31. The molecule has 2 nitrogen and oxygen atoms in total. The highest BCUT2D eigenvalue weighted by Gasteiger charge is 2.27. The molecule has 0 saturated heterocycles. The van der Waals surface area contributed by atoms with E-state index in [0.29, 0.717) is 6.61 Å². The van der Waals surface area contributed by atoms with E-state index in [1.165, 1.54) is 0 Å². The van der Waals surface area contributed by atoms with Crippen molar-refractivity contribution in [3.8, 4) is 0 Å². The van der Waals surface area contributed by atoms with E-state index in [9.17, 15) is 0 Å². The van der Waals surface area contributed by atoms with Crippen LogP contribution in [0, 0.1) is 0 Å². The van der Waals surface area contributed by atoms with Crippen LogP contribution in [0.15, 0.2) is 18.2 Å². The van der Waals surface area contributed by atoms with E-state index >= 15 is 0 Å². The minimum absolute atomic E-state index is 0. The summed E-state index contributed by atoms with van der Waals surface area (Å²) in [4.78, 5) is 0. The molecule has 0 bridgehead atoms. The quantitative estimate of drug-likeness (QED) is 0.828. The summed E-state index contributed by atoms with van der Waals surface area (Å²) in [5, 5.41) is 0.761. The first-order valence-corrected chi connectivity index (χ1v) is 5.26. The van der Waals surface area contributed by atoms with Crippen LogP contribution in [0.1, 0.15) is 30.5 Å². The average molecular weight is 248 g/mol. The summed E-state index contributed by atoms with van der Waals surface area (Å²) in [7, 11) is 0. The minimum atomic E-state index is -0.0857. The maximum Gasteiger partial charge on any atom is 0.0770 e. The Kier molecular flexibility index (Phi) is 4.41. The van der Waals surface area contributed by atoms with Crippen LogP contribution in [0.5, 0.6) is 0 Å². The highest BCUT2D eigenvalue weighted by atomic mass is 35.5. The fraction of sp³-hybridized carbons (Fsp3) is 0.455. The molecule has 1 heterocycles. The van der Waals surface area contributed by atoms with E-state index in [4.69, 9.17) is 22.1 Å². The Balaban J connectivity index is 0.00000112. The van der Waals surface area contributed by atoms with Crippen molar-refractivity contribution in [2.45, 2.75) is 32.1 Å². The number of benzene rings is 1. The first-order chi connectivity index (χ1) is 6.74. The van der Waals surface area contributed by atoms with Crippen molar-refractivity contribution in [1.29, 1.82) is 0 Å². The first kappa shape index (κ1) is 12.8. The summed E-state index contributed by atoms with van der Waals surface area (Å²) < 4.78 is 5.64. The summed E-state index contributed by atoms with van der Waals surface area (Å²) in [5.41, 5.74) is 8.27. The fourth-order valence-electron chi connectivity index (χ4n) is 1.94. The van der Waals surface area contributed by atoms with Gasteiger partial charge in [-0.25, -0.2) is 0 Å². The Morgan fingerprint density at radius 3 is 2.93 bits per heavy atom. The van der Waals surface area contributed by atoms with Crippen LogP contribution in [0.3, 0.4) is 0 Å². The van der Waals surface area contributed by atoms with Crippen molar-refractivity contribution in [3.05, 3.63) is 34.3 Å². The molecule has 0 aliphatic carbocycles. The van der Waals surface area contributed by atoms with Gasteiger partial charge in [0.25, 0.3) is 0 Å². The Labute approximate surface area is 101 Å². The molecule has 4 heteroatoms. The summed E-state index contributed by atoms with van der Waals surface area (Å²) in [6.45, 7) is 2.70. The van der Waals surface area contributed by atoms with Gasteiger partial charge in [0.1, 0.15) is 0 Å². The van der Waals surface area contributed by atoms with Gasteiger partial charge < -0.3 is 10.5 Å². The second kappa shape index (κ2) is 5.17. The number of fused-ring (bicyclic) bond motifs is 1. The third-order valence-electron chi connectivity index (χ3n) is 2.73. The van der Waals surface area contributed by atoms with Gasteiger partial charge in [-0.05, 0) is 23.6 Å². The Hall–Kier alpha value is -0.280. The summed E-state index contributed by atoms with van der Waals surface area (Å²) in [6, 6.07) is 5.76. The van der Waals surface area contributed by atoms with Crippen LogP contribution >= 0.6 is 24.0 Å². The van der Waals surface area contributed by atoms with E-state index in [1.54, 1.807) is 0 Å². The van der Waals surface area contributed by atoms with Crippen molar-refractivity contribution in [2.75, 3.05) is 0 Å². The maximum atomic E-state index is 6.12. The number of nitrogens with two attached hydrogens (primary N) is 1. The molecule has 1 aliphatic rings. The zero-order chi connectivity index (χ0) is 10.1. The van der Waals surface area contributed by atoms with Gasteiger partial charge >= 0.3 is 0 Å². The number of hydrogen-bond donors (Lipinski definition) is 1. The number of rotatable bonds is 1. The van der Waals surface area contributed by atoms with Crippen LogP contribution in [-0.2, 0) is 11.3 Å². The highest BCUT2D eigenvalue weighted by molar-refractivity contribution is 6.31. The zero-order valence-electron chi connectivity index (χ0n) is 8.57. The lowest BCUT2D eigenvalue weighted by Crippen LogP contribution is -2.33. The van der Waals surface area contributed by atoms with E-state index in [2.05, 4.69) is 6.92 Å². The third-order valence-corrected chi connectivity index (χ3v) is 3.06. The van der Waals surface area contributed by atoms with Crippen LogP contribution in [0.2, 0.25) is 5.02 Å². The van der Waals surface area contributed by atoms with E-state index in [0.717, 1.165) is 22.6 Å². The third kappa shape index (κ3) is 2.28. The van der Waals surface area contributed by atoms with Gasteiger partial charge in [-0.2, -0.15) is 0 Å². The highest BCUT2D eigenvalue weighted by Crippen LogP contribution is 2.34. The molecule has 2 rings (SSSR count). The Morgan fingerprint density at radius 1 is 1.53 bits per heavy atom. The normalized spacial score (nSPS) is 24.2. The van der Waals surface area contributed by atoms with Gasteiger partial charge in [0.05, 0.1) is 18.8 Å². The SMILES string of the molecule is CC[C@H]1OCc2cccc(Cl)c2[C@@H]1N.Cl. The van der Waals surface area contributed by atoms with Crippen LogP contribution in [-0.4, -0.2) is 6.10 Å². The van der Waals surface area contributed by atoms with E-state index < -0.39 is 0 Å². The molecule has 0 fully saturated rings. The molecule has 0 aromatic heterocycles. The molecular formula is C11H15Cl2NO. The van der Waals surface area contributed by atoms with Crippen LogP contribution < -0.4 is 5.73 Å². The van der Waals surface area contributed by atoms with Gasteiger partial charge in [0.15, 0.2) is 0 Å². The average Bonchev–Trinajstić information content (AvgIpc) is 2.18. The molecule has 1 aromatic carbocycles. The largest absolute Gasteiger partial charge is 0.372 e. The summed E-state index contributed by atoms with van der Waals surface area (Å²) in [5.74, 6) is 0. The van der Waals surface area contributed by atoms with Crippen molar-refractivity contribution >= 4 is 24.0 Å². The van der Waals surface area contributed by atoms with Gasteiger partial charge in [-0.15, -0.1) is 12.4 Å². The fourth-order valence-corrected chi connectivity index (χ4v) is 2.26. The standard InChI is InChI=1S/C11H14ClNO.ClH/c1-2-9-11(13)10-7(6-14-9)4-3-5-8(10)12;/h3-5,9,11H,2,6,13H2,1H3;1H/t9-,11-;/m1./s1. The van der Waals surface area contributed by atoms with Gasteiger partial charge in [-0.1, -0.05) is 30.7 Å². The van der Waals surface area contributed by atoms with Gasteiger partial charge in [-0.3, -0.25) is 0 Å². The van der Waals surface area contributed by atoms with E-state index in [-0.39, 0.29) is 24.6 Å².